The smallest absolute Gasteiger partial charge is 0.343 e. The van der Waals surface area contributed by atoms with Gasteiger partial charge in [-0.1, -0.05) is 159 Å². The number of fused-ring (bicyclic) bond motifs is 15. The van der Waals surface area contributed by atoms with E-state index in [1.807, 2.05) is 11.3 Å². The largest absolute Gasteiger partial charge is 0.375 e. The molecule has 0 radical (unpaired) electrons. The van der Waals surface area contributed by atoms with E-state index in [1.165, 1.54) is 128 Å². The summed E-state index contributed by atoms with van der Waals surface area (Å²) in [7, 11) is 0. The fourth-order valence-corrected chi connectivity index (χ4v) is 12.8. The van der Waals surface area contributed by atoms with Crippen LogP contribution in [0.3, 0.4) is 0 Å². The van der Waals surface area contributed by atoms with Crippen molar-refractivity contribution in [2.75, 3.05) is 9.71 Å². The number of aryl methyl sites for hydroxylation is 2. The molecule has 0 atom stereocenters. The number of unbranched alkanes of at least 4 members (excludes halogenated alkanes) is 1. The van der Waals surface area contributed by atoms with Crippen molar-refractivity contribution in [1.29, 1.82) is 0 Å². The minimum atomic E-state index is -0.455. The molecular weight excluding hydrogens is 744 g/mol. The van der Waals surface area contributed by atoms with Crippen molar-refractivity contribution >= 4 is 66.9 Å². The highest BCUT2D eigenvalue weighted by atomic mass is 32.1. The Balaban J connectivity index is 1.16. The van der Waals surface area contributed by atoms with Crippen LogP contribution in [-0.4, -0.2) is 6.85 Å². The molecule has 1 spiro atoms. The molecule has 4 heteroatoms. The normalized spacial score (nSPS) is 14.4. The molecule has 0 saturated heterocycles. The zero-order valence-corrected chi connectivity index (χ0v) is 34.6. The maximum atomic E-state index is 2.76. The number of thiophene rings is 1. The highest BCUT2D eigenvalue weighted by Crippen LogP contribution is 2.65. The van der Waals surface area contributed by atoms with Gasteiger partial charge in [0.05, 0.1) is 16.8 Å². The summed E-state index contributed by atoms with van der Waals surface area (Å²) in [6.07, 6.45) is 3.44. The van der Waals surface area contributed by atoms with Crippen LogP contribution in [0.15, 0.2) is 176 Å². The number of hydrogen-bond donors (Lipinski definition) is 0. The third kappa shape index (κ3) is 4.39. The number of rotatable bonds is 5. The van der Waals surface area contributed by atoms with Gasteiger partial charge in [0.2, 0.25) is 0 Å². The predicted molar refractivity (Wildman–Crippen MR) is 255 cm³/mol. The summed E-state index contributed by atoms with van der Waals surface area (Å²) in [5.41, 5.74) is 23.3. The van der Waals surface area contributed by atoms with Gasteiger partial charge in [-0.05, 0) is 111 Å². The van der Waals surface area contributed by atoms with Crippen molar-refractivity contribution in [3.8, 4) is 33.4 Å². The third-order valence-electron chi connectivity index (χ3n) is 13.8. The zero-order chi connectivity index (χ0) is 39.7. The molecule has 0 saturated carbocycles. The lowest BCUT2D eigenvalue weighted by atomic mass is 9.45. The summed E-state index contributed by atoms with van der Waals surface area (Å²) in [5, 5.41) is 1.31. The van der Waals surface area contributed by atoms with Crippen LogP contribution in [0.5, 0.6) is 0 Å². The second-order valence-corrected chi connectivity index (χ2v) is 18.1. The van der Waals surface area contributed by atoms with Crippen LogP contribution in [0.4, 0.5) is 28.4 Å². The Morgan fingerprint density at radius 2 is 1.22 bits per heavy atom. The number of benzene rings is 8. The lowest BCUT2D eigenvalue weighted by Gasteiger charge is -2.52. The van der Waals surface area contributed by atoms with Crippen LogP contribution < -0.4 is 20.0 Å². The molecule has 9 aromatic rings. The summed E-state index contributed by atoms with van der Waals surface area (Å²) in [5.74, 6) is 0. The van der Waals surface area contributed by atoms with Crippen molar-refractivity contribution in [2.45, 2.75) is 38.5 Å². The highest BCUT2D eigenvalue weighted by molar-refractivity contribution is 7.32. The second-order valence-electron chi connectivity index (χ2n) is 17.0. The third-order valence-corrected chi connectivity index (χ3v) is 15.1. The van der Waals surface area contributed by atoms with Crippen LogP contribution in [0.1, 0.15) is 53.1 Å². The van der Waals surface area contributed by atoms with Crippen LogP contribution in [0.25, 0.3) is 43.5 Å². The summed E-state index contributed by atoms with van der Waals surface area (Å²) < 4.78 is 2.71. The quantitative estimate of drug-likeness (QED) is 0.160. The predicted octanol–water partition coefficient (Wildman–Crippen LogP) is 13.6. The second kappa shape index (κ2) is 12.7. The zero-order valence-electron chi connectivity index (χ0n) is 33.7. The van der Waals surface area contributed by atoms with E-state index < -0.39 is 5.41 Å². The first-order valence-electron chi connectivity index (χ1n) is 21.5. The van der Waals surface area contributed by atoms with Gasteiger partial charge < -0.3 is 9.71 Å². The Hall–Kier alpha value is -6.62. The highest BCUT2D eigenvalue weighted by Gasteiger charge is 2.56. The molecule has 0 fully saturated rings. The van der Waals surface area contributed by atoms with Crippen molar-refractivity contribution in [1.82, 2.24) is 0 Å². The molecule has 60 heavy (non-hydrogen) atoms. The molecule has 2 nitrogen and oxygen atoms in total. The number of hydrogen-bond acceptors (Lipinski definition) is 3. The first-order chi connectivity index (χ1) is 29.7. The van der Waals surface area contributed by atoms with Gasteiger partial charge in [-0.3, -0.25) is 0 Å². The van der Waals surface area contributed by atoms with Gasteiger partial charge >= 0.3 is 6.85 Å². The van der Waals surface area contributed by atoms with E-state index in [9.17, 15) is 0 Å². The van der Waals surface area contributed by atoms with Crippen LogP contribution in [-0.2, 0) is 11.8 Å². The van der Waals surface area contributed by atoms with E-state index in [-0.39, 0.29) is 6.85 Å². The van der Waals surface area contributed by atoms with Crippen molar-refractivity contribution in [3.05, 3.63) is 209 Å². The monoisotopic (exact) mass is 784 g/mol. The standard InChI is InChI=1S/C56H41BN2S/c1-3-4-17-36-30-31-48(42(34-36)37-18-6-5-7-19-37)58-50-33-35(2)32-43-40-23-16-27-47-53(40)59(57(52(43)50)55-54(58)41-22-10-15-29-51(41)60-55)49-28-14-13-26-46(49)56(47)44-24-11-8-20-38(44)39-21-9-12-25-45(39)56/h5-16,18-34H,3-4,17H2,1-2H3. The lowest BCUT2D eigenvalue weighted by Crippen LogP contribution is -2.62. The minimum absolute atomic E-state index is 0.0257. The fraction of sp³-hybridized carbons (Fsp3) is 0.107. The average Bonchev–Trinajstić information content (AvgIpc) is 3.83. The maximum absolute atomic E-state index is 2.76. The Morgan fingerprint density at radius 1 is 0.533 bits per heavy atom. The molecule has 0 unspecified atom stereocenters. The average molecular weight is 785 g/mol. The van der Waals surface area contributed by atoms with Crippen molar-refractivity contribution in [3.63, 3.8) is 0 Å². The fourth-order valence-electron chi connectivity index (χ4n) is 11.5. The molecule has 8 aromatic carbocycles. The van der Waals surface area contributed by atoms with E-state index in [0.29, 0.717) is 0 Å². The molecular formula is C56H41BN2S. The van der Waals surface area contributed by atoms with E-state index in [2.05, 4.69) is 199 Å². The van der Waals surface area contributed by atoms with Gasteiger partial charge in [0, 0.05) is 43.1 Å². The van der Waals surface area contributed by atoms with Gasteiger partial charge in [0.25, 0.3) is 0 Å². The van der Waals surface area contributed by atoms with E-state index >= 15 is 0 Å². The van der Waals surface area contributed by atoms with Crippen LogP contribution >= 0.6 is 11.3 Å². The summed E-state index contributed by atoms with van der Waals surface area (Å²) >= 11 is 1.97. The Labute approximate surface area is 356 Å². The first kappa shape index (κ1) is 34.3. The number of nitrogens with zero attached hydrogens (tertiary/aromatic N) is 2. The molecule has 284 valence electrons. The van der Waals surface area contributed by atoms with Gasteiger partial charge in [0.1, 0.15) is 0 Å². The summed E-state index contributed by atoms with van der Waals surface area (Å²) in [6, 6.07) is 67.2. The Kier molecular flexibility index (Phi) is 7.25. The molecule has 0 N–H and O–H groups in total. The Morgan fingerprint density at radius 3 is 2.02 bits per heavy atom. The van der Waals surface area contributed by atoms with Gasteiger partial charge in [-0.25, -0.2) is 0 Å². The summed E-state index contributed by atoms with van der Waals surface area (Å²) in [4.78, 5) is 5.41. The minimum Gasteiger partial charge on any atom is -0.375 e. The lowest BCUT2D eigenvalue weighted by molar-refractivity contribution is 0.756. The topological polar surface area (TPSA) is 6.48 Å². The maximum Gasteiger partial charge on any atom is 0.343 e. The molecule has 3 aliphatic heterocycles. The Bertz CT molecular complexity index is 3210. The van der Waals surface area contributed by atoms with Crippen LogP contribution in [0, 0.1) is 6.92 Å². The SMILES string of the molecule is CCCCc1ccc(N2c3cc(C)cc4c3B(c3sc5ccccc5c32)N2c3ccccc3C3(c5ccccc5-c5ccccc53)c3cccc-4c32)c(-c2ccccc2)c1. The molecule has 1 aromatic heterocycles. The van der Waals surface area contributed by atoms with E-state index in [4.69, 9.17) is 0 Å². The number of para-hydroxylation sites is 2. The molecule has 1 aliphatic carbocycles. The molecule has 13 rings (SSSR count). The molecule has 4 aliphatic rings. The van der Waals surface area contributed by atoms with Crippen LogP contribution in [0.2, 0.25) is 0 Å². The van der Waals surface area contributed by atoms with E-state index in [1.54, 1.807) is 0 Å². The first-order valence-corrected chi connectivity index (χ1v) is 22.3. The molecule has 0 amide bonds. The van der Waals surface area contributed by atoms with Crippen molar-refractivity contribution < 1.29 is 0 Å². The van der Waals surface area contributed by atoms with Gasteiger partial charge in [-0.2, -0.15) is 0 Å². The summed E-state index contributed by atoms with van der Waals surface area (Å²) in [6.45, 7) is 4.55. The number of anilines is 5. The van der Waals surface area contributed by atoms with Gasteiger partial charge in [-0.15, -0.1) is 11.3 Å². The molecule has 0 bridgehead atoms. The van der Waals surface area contributed by atoms with Gasteiger partial charge in [0.15, 0.2) is 0 Å². The van der Waals surface area contributed by atoms with Crippen molar-refractivity contribution in [2.24, 2.45) is 0 Å². The van der Waals surface area contributed by atoms with E-state index in [0.717, 1.165) is 6.42 Å². The molecule has 4 heterocycles.